The molecule has 1 aromatic heterocycles. The van der Waals surface area contributed by atoms with Crippen molar-refractivity contribution < 1.29 is 19.1 Å². The van der Waals surface area contributed by atoms with E-state index < -0.39 is 6.04 Å². The van der Waals surface area contributed by atoms with E-state index >= 15 is 0 Å². The molecule has 0 spiro atoms. The number of carbonyl (C=O) groups excluding carboxylic acids is 3. The van der Waals surface area contributed by atoms with Crippen molar-refractivity contribution >= 4 is 46.5 Å². The van der Waals surface area contributed by atoms with Crippen LogP contribution in [0.3, 0.4) is 0 Å². The zero-order valence-corrected chi connectivity index (χ0v) is 19.0. The molecule has 3 amide bonds. The average Bonchev–Trinajstić information content (AvgIpc) is 3.46. The van der Waals surface area contributed by atoms with E-state index in [1.165, 1.54) is 10.4 Å². The van der Waals surface area contributed by atoms with E-state index in [0.29, 0.717) is 36.2 Å². The monoisotopic (exact) mass is 459 g/mol. The Morgan fingerprint density at radius 3 is 2.68 bits per heavy atom. The highest BCUT2D eigenvalue weighted by atomic mass is 32.2. The normalized spacial score (nSPS) is 17.9. The number of thioether (sulfide) groups is 1. The summed E-state index contributed by atoms with van der Waals surface area (Å²) in [6.07, 6.45) is 1.17. The SMILES string of the molecule is COc1ccc(NC(=O)C2CSCN2C(=O)CCC(=O)N2CCc3sccc3C2)cc1. The van der Waals surface area contributed by atoms with Gasteiger partial charge in [0.05, 0.1) is 13.0 Å². The number of rotatable bonds is 6. The summed E-state index contributed by atoms with van der Waals surface area (Å²) in [5, 5.41) is 4.93. The highest BCUT2D eigenvalue weighted by molar-refractivity contribution is 7.99. The van der Waals surface area contributed by atoms with E-state index in [-0.39, 0.29) is 30.6 Å². The number of nitrogens with zero attached hydrogens (tertiary/aromatic N) is 2. The summed E-state index contributed by atoms with van der Waals surface area (Å²) in [5.74, 6) is 1.36. The molecule has 2 aliphatic rings. The molecule has 2 aromatic rings. The molecule has 1 unspecified atom stereocenters. The van der Waals surface area contributed by atoms with Gasteiger partial charge in [0.25, 0.3) is 0 Å². The van der Waals surface area contributed by atoms with Crippen molar-refractivity contribution in [1.82, 2.24) is 9.80 Å². The Kier molecular flexibility index (Phi) is 6.82. The third-order valence-corrected chi connectivity index (χ3v) is 7.61. The first-order valence-corrected chi connectivity index (χ1v) is 12.2. The maximum atomic E-state index is 12.8. The van der Waals surface area contributed by atoms with Crippen LogP contribution in [0.4, 0.5) is 5.69 Å². The summed E-state index contributed by atoms with van der Waals surface area (Å²) >= 11 is 3.28. The quantitative estimate of drug-likeness (QED) is 0.719. The smallest absolute Gasteiger partial charge is 0.248 e. The van der Waals surface area contributed by atoms with E-state index in [0.717, 1.165) is 6.42 Å². The summed E-state index contributed by atoms with van der Waals surface area (Å²) < 4.78 is 5.13. The van der Waals surface area contributed by atoms with E-state index in [4.69, 9.17) is 4.74 Å². The first kappa shape index (κ1) is 21.7. The lowest BCUT2D eigenvalue weighted by atomic mass is 10.1. The number of fused-ring (bicyclic) bond motifs is 1. The van der Waals surface area contributed by atoms with Crippen LogP contribution in [-0.2, 0) is 27.3 Å². The van der Waals surface area contributed by atoms with Crippen LogP contribution in [0.15, 0.2) is 35.7 Å². The lowest BCUT2D eigenvalue weighted by Crippen LogP contribution is -2.45. The van der Waals surface area contributed by atoms with Crippen LogP contribution in [0.2, 0.25) is 0 Å². The minimum absolute atomic E-state index is 0.00344. The van der Waals surface area contributed by atoms with Crippen LogP contribution in [0, 0.1) is 0 Å². The molecule has 1 aromatic carbocycles. The number of benzene rings is 1. The highest BCUT2D eigenvalue weighted by Crippen LogP contribution is 2.26. The number of ether oxygens (including phenoxy) is 1. The molecular weight excluding hydrogens is 434 g/mol. The summed E-state index contributed by atoms with van der Waals surface area (Å²) in [7, 11) is 1.59. The van der Waals surface area contributed by atoms with Crippen molar-refractivity contribution in [3.63, 3.8) is 0 Å². The van der Waals surface area contributed by atoms with Gasteiger partial charge in [-0.15, -0.1) is 23.1 Å². The first-order valence-electron chi connectivity index (χ1n) is 10.2. The van der Waals surface area contributed by atoms with Crippen LogP contribution in [-0.4, -0.2) is 58.8 Å². The van der Waals surface area contributed by atoms with Crippen molar-refractivity contribution in [3.8, 4) is 5.75 Å². The Bertz CT molecular complexity index is 960. The van der Waals surface area contributed by atoms with Gasteiger partial charge in [-0.1, -0.05) is 0 Å². The molecular formula is C22H25N3O4S2. The predicted octanol–water partition coefficient (Wildman–Crippen LogP) is 2.96. The molecule has 4 rings (SSSR count). The molecule has 1 atom stereocenters. The van der Waals surface area contributed by atoms with Gasteiger partial charge in [0.15, 0.2) is 0 Å². The van der Waals surface area contributed by atoms with E-state index in [1.807, 2.05) is 4.90 Å². The minimum Gasteiger partial charge on any atom is -0.497 e. The van der Waals surface area contributed by atoms with Crippen LogP contribution in [0.1, 0.15) is 23.3 Å². The average molecular weight is 460 g/mol. The van der Waals surface area contributed by atoms with E-state index in [1.54, 1.807) is 59.4 Å². The largest absolute Gasteiger partial charge is 0.497 e. The number of hydrogen-bond donors (Lipinski definition) is 1. The molecule has 0 aliphatic carbocycles. The Labute approximate surface area is 189 Å². The second kappa shape index (κ2) is 9.74. The number of amides is 3. The molecule has 7 nitrogen and oxygen atoms in total. The molecule has 164 valence electrons. The van der Waals surface area contributed by atoms with E-state index in [9.17, 15) is 14.4 Å². The molecule has 1 fully saturated rings. The Balaban J connectivity index is 1.29. The first-order chi connectivity index (χ1) is 15.0. The topological polar surface area (TPSA) is 79.0 Å². The molecule has 0 radical (unpaired) electrons. The van der Waals surface area contributed by atoms with Gasteiger partial charge in [-0.2, -0.15) is 0 Å². The van der Waals surface area contributed by atoms with Crippen molar-refractivity contribution in [2.45, 2.75) is 31.8 Å². The Morgan fingerprint density at radius 1 is 1.13 bits per heavy atom. The second-order valence-corrected chi connectivity index (χ2v) is 9.53. The molecule has 2 aliphatic heterocycles. The Hall–Kier alpha value is -2.52. The van der Waals surface area contributed by atoms with Crippen molar-refractivity contribution in [2.24, 2.45) is 0 Å². The number of nitrogens with one attached hydrogen (secondary N) is 1. The fraction of sp³-hybridized carbons (Fsp3) is 0.409. The predicted molar refractivity (Wildman–Crippen MR) is 122 cm³/mol. The van der Waals surface area contributed by atoms with Gasteiger partial charge in [0, 0.05) is 42.2 Å². The summed E-state index contributed by atoms with van der Waals surface area (Å²) in [6, 6.07) is 8.61. The minimum atomic E-state index is -0.530. The lowest BCUT2D eigenvalue weighted by molar-refractivity contribution is -0.139. The molecule has 31 heavy (non-hydrogen) atoms. The second-order valence-electron chi connectivity index (χ2n) is 7.53. The number of carbonyl (C=O) groups is 3. The maximum Gasteiger partial charge on any atom is 0.248 e. The van der Waals surface area contributed by atoms with Gasteiger partial charge >= 0.3 is 0 Å². The third-order valence-electron chi connectivity index (χ3n) is 5.58. The summed E-state index contributed by atoms with van der Waals surface area (Å²) in [4.78, 5) is 42.9. The zero-order chi connectivity index (χ0) is 21.8. The summed E-state index contributed by atoms with van der Waals surface area (Å²) in [5.41, 5.74) is 1.87. The maximum absolute atomic E-state index is 12.8. The molecule has 0 saturated carbocycles. The van der Waals surface area contributed by atoms with Gasteiger partial charge in [0.2, 0.25) is 17.7 Å². The molecule has 1 N–H and O–H groups in total. The molecule has 9 heteroatoms. The van der Waals surface area contributed by atoms with Crippen LogP contribution < -0.4 is 10.1 Å². The molecule has 1 saturated heterocycles. The van der Waals surface area contributed by atoms with E-state index in [2.05, 4.69) is 16.8 Å². The highest BCUT2D eigenvalue weighted by Gasteiger charge is 2.35. The van der Waals surface area contributed by atoms with Gasteiger partial charge in [-0.3, -0.25) is 14.4 Å². The Morgan fingerprint density at radius 2 is 1.90 bits per heavy atom. The zero-order valence-electron chi connectivity index (χ0n) is 17.3. The van der Waals surface area contributed by atoms with Crippen LogP contribution >= 0.6 is 23.1 Å². The van der Waals surface area contributed by atoms with Crippen LogP contribution in [0.25, 0.3) is 0 Å². The van der Waals surface area contributed by atoms with Crippen molar-refractivity contribution in [1.29, 1.82) is 0 Å². The number of anilines is 1. The van der Waals surface area contributed by atoms with Gasteiger partial charge in [-0.05, 0) is 47.7 Å². The fourth-order valence-corrected chi connectivity index (χ4v) is 5.85. The number of methoxy groups -OCH3 is 1. The van der Waals surface area contributed by atoms with Gasteiger partial charge in [-0.25, -0.2) is 0 Å². The van der Waals surface area contributed by atoms with Crippen molar-refractivity contribution in [3.05, 3.63) is 46.2 Å². The molecule has 3 heterocycles. The van der Waals surface area contributed by atoms with Gasteiger partial charge in [0.1, 0.15) is 11.8 Å². The molecule has 0 bridgehead atoms. The van der Waals surface area contributed by atoms with Gasteiger partial charge < -0.3 is 19.9 Å². The van der Waals surface area contributed by atoms with Crippen molar-refractivity contribution in [2.75, 3.05) is 30.6 Å². The summed E-state index contributed by atoms with van der Waals surface area (Å²) in [6.45, 7) is 1.32. The third kappa shape index (κ3) is 5.04. The number of hydrogen-bond acceptors (Lipinski definition) is 6. The van der Waals surface area contributed by atoms with Crippen LogP contribution in [0.5, 0.6) is 5.75 Å². The number of thiophene rings is 1. The standard InChI is InChI=1S/C22H25N3O4S2/c1-29-17-4-2-16(3-5-17)23-22(28)18-13-30-14-25(18)21(27)7-6-20(26)24-10-8-19-15(12-24)9-11-31-19/h2-5,9,11,18H,6-8,10,12-14H2,1H3,(H,23,28). The fourth-order valence-electron chi connectivity index (χ4n) is 3.78. The lowest BCUT2D eigenvalue weighted by Gasteiger charge is -2.27.